The average Bonchev–Trinajstić information content (AvgIpc) is 2.26. The fourth-order valence-electron chi connectivity index (χ4n) is 1.64. The molecular weight excluding hydrogens is 246 g/mol. The van der Waals surface area contributed by atoms with Crippen LogP contribution in [-0.2, 0) is 0 Å². The largest absolute Gasteiger partial charge is 0.497 e. The Hall–Kier alpha value is -1.49. The maximum Gasteiger partial charge on any atom is 0.311 e. The van der Waals surface area contributed by atoms with Gasteiger partial charge < -0.3 is 9.47 Å². The molecular formula is C11H12ClNO4. The molecule has 1 aromatic carbocycles. The molecule has 92 valence electrons. The molecule has 1 saturated carbocycles. The zero-order valence-electron chi connectivity index (χ0n) is 9.26. The third-order valence-corrected chi connectivity index (χ3v) is 3.05. The van der Waals surface area contributed by atoms with Crippen LogP contribution in [0.1, 0.15) is 12.8 Å². The van der Waals surface area contributed by atoms with Crippen LogP contribution in [0, 0.1) is 10.1 Å². The lowest BCUT2D eigenvalue weighted by atomic mass is 9.95. The number of nitrogens with zero attached hydrogens (tertiary/aromatic N) is 1. The summed E-state index contributed by atoms with van der Waals surface area (Å²) in [6, 6.07) is 4.45. The molecule has 0 spiro atoms. The molecule has 0 amide bonds. The van der Waals surface area contributed by atoms with E-state index >= 15 is 0 Å². The normalized spacial score (nSPS) is 22.7. The standard InChI is InChI=1S/C11H12ClNO4/c1-16-8-2-3-10(13(14)15)11(6-8)17-9-4-7(12)5-9/h2-3,6-7,9H,4-5H2,1H3. The SMILES string of the molecule is COc1ccc([N+](=O)[O-])c(OC2CC(Cl)C2)c1. The van der Waals surface area contributed by atoms with Gasteiger partial charge in [-0.3, -0.25) is 10.1 Å². The van der Waals surface area contributed by atoms with Crippen LogP contribution in [0.2, 0.25) is 0 Å². The highest BCUT2D eigenvalue weighted by atomic mass is 35.5. The van der Waals surface area contributed by atoms with Crippen LogP contribution in [0.3, 0.4) is 0 Å². The average molecular weight is 258 g/mol. The zero-order chi connectivity index (χ0) is 12.4. The van der Waals surface area contributed by atoms with Crippen molar-refractivity contribution in [2.45, 2.75) is 24.3 Å². The summed E-state index contributed by atoms with van der Waals surface area (Å²) in [5.41, 5.74) is -0.0520. The predicted octanol–water partition coefficient (Wildman–Crippen LogP) is 2.75. The van der Waals surface area contributed by atoms with Gasteiger partial charge in [-0.05, 0) is 6.07 Å². The molecule has 0 N–H and O–H groups in total. The first-order valence-corrected chi connectivity index (χ1v) is 5.67. The maximum atomic E-state index is 10.8. The molecule has 6 heteroatoms. The molecule has 1 aromatic rings. The van der Waals surface area contributed by atoms with Crippen molar-refractivity contribution in [3.8, 4) is 11.5 Å². The van der Waals surface area contributed by atoms with E-state index in [9.17, 15) is 10.1 Å². The van der Waals surface area contributed by atoms with Crippen LogP contribution < -0.4 is 9.47 Å². The summed E-state index contributed by atoms with van der Waals surface area (Å²) in [4.78, 5) is 10.4. The van der Waals surface area contributed by atoms with Crippen molar-refractivity contribution in [2.75, 3.05) is 7.11 Å². The number of benzene rings is 1. The van der Waals surface area contributed by atoms with Gasteiger partial charge in [0, 0.05) is 30.4 Å². The molecule has 17 heavy (non-hydrogen) atoms. The van der Waals surface area contributed by atoms with Crippen molar-refractivity contribution in [3.05, 3.63) is 28.3 Å². The summed E-state index contributed by atoms with van der Waals surface area (Å²) in [6.45, 7) is 0. The molecule has 0 saturated heterocycles. The quantitative estimate of drug-likeness (QED) is 0.473. The van der Waals surface area contributed by atoms with Crippen molar-refractivity contribution < 1.29 is 14.4 Å². The van der Waals surface area contributed by atoms with Crippen LogP contribution in [-0.4, -0.2) is 23.5 Å². The van der Waals surface area contributed by atoms with Crippen LogP contribution in [0.25, 0.3) is 0 Å². The van der Waals surface area contributed by atoms with Crippen molar-refractivity contribution >= 4 is 17.3 Å². The van der Waals surface area contributed by atoms with Gasteiger partial charge >= 0.3 is 5.69 Å². The van der Waals surface area contributed by atoms with Crippen LogP contribution in [0.5, 0.6) is 11.5 Å². The third-order valence-electron chi connectivity index (χ3n) is 2.69. The number of hydrogen-bond donors (Lipinski definition) is 0. The summed E-state index contributed by atoms with van der Waals surface area (Å²) in [6.07, 6.45) is 1.40. The first-order valence-electron chi connectivity index (χ1n) is 5.23. The van der Waals surface area contributed by atoms with E-state index in [0.717, 1.165) is 12.8 Å². The van der Waals surface area contributed by atoms with E-state index < -0.39 is 4.92 Å². The highest BCUT2D eigenvalue weighted by Crippen LogP contribution is 2.36. The van der Waals surface area contributed by atoms with Crippen LogP contribution >= 0.6 is 11.6 Å². The summed E-state index contributed by atoms with van der Waals surface area (Å²) < 4.78 is 10.6. The Bertz CT molecular complexity index is 431. The van der Waals surface area contributed by atoms with Gasteiger partial charge in [0.25, 0.3) is 0 Å². The molecule has 0 unspecified atom stereocenters. The number of rotatable bonds is 4. The number of methoxy groups -OCH3 is 1. The van der Waals surface area contributed by atoms with Crippen molar-refractivity contribution in [3.63, 3.8) is 0 Å². The highest BCUT2D eigenvalue weighted by Gasteiger charge is 2.31. The minimum Gasteiger partial charge on any atom is -0.497 e. The lowest BCUT2D eigenvalue weighted by molar-refractivity contribution is -0.386. The Morgan fingerprint density at radius 2 is 2.18 bits per heavy atom. The second kappa shape index (κ2) is 4.79. The minimum atomic E-state index is -0.467. The van der Waals surface area contributed by atoms with Crippen molar-refractivity contribution in [1.29, 1.82) is 0 Å². The van der Waals surface area contributed by atoms with E-state index in [4.69, 9.17) is 21.1 Å². The van der Waals surface area contributed by atoms with Gasteiger partial charge in [0.1, 0.15) is 11.9 Å². The number of nitro groups is 1. The number of halogens is 1. The van der Waals surface area contributed by atoms with Gasteiger partial charge in [-0.25, -0.2) is 0 Å². The Kier molecular flexibility index (Phi) is 3.38. The van der Waals surface area contributed by atoms with Crippen molar-refractivity contribution in [2.24, 2.45) is 0 Å². The first kappa shape index (κ1) is 12.0. The van der Waals surface area contributed by atoms with E-state index in [1.54, 1.807) is 0 Å². The lowest BCUT2D eigenvalue weighted by Crippen LogP contribution is -2.34. The molecule has 5 nitrogen and oxygen atoms in total. The monoisotopic (exact) mass is 257 g/mol. The number of ether oxygens (including phenoxy) is 2. The first-order chi connectivity index (χ1) is 8.10. The molecule has 0 aromatic heterocycles. The highest BCUT2D eigenvalue weighted by molar-refractivity contribution is 6.21. The number of alkyl halides is 1. The predicted molar refractivity (Wildman–Crippen MR) is 62.9 cm³/mol. The Morgan fingerprint density at radius 1 is 1.47 bits per heavy atom. The molecule has 0 heterocycles. The summed E-state index contributed by atoms with van der Waals surface area (Å²) in [7, 11) is 1.50. The summed E-state index contributed by atoms with van der Waals surface area (Å²) >= 11 is 5.83. The van der Waals surface area contributed by atoms with E-state index in [1.807, 2.05) is 0 Å². The second-order valence-corrected chi connectivity index (χ2v) is 4.52. The zero-order valence-corrected chi connectivity index (χ0v) is 10.0. The molecule has 0 bridgehead atoms. The second-order valence-electron chi connectivity index (χ2n) is 3.90. The van der Waals surface area contributed by atoms with E-state index in [0.29, 0.717) is 5.75 Å². The molecule has 2 rings (SSSR count). The van der Waals surface area contributed by atoms with Crippen molar-refractivity contribution in [1.82, 2.24) is 0 Å². The third kappa shape index (κ3) is 2.61. The molecule has 0 aliphatic heterocycles. The number of nitro benzene ring substituents is 1. The topological polar surface area (TPSA) is 61.6 Å². The van der Waals surface area contributed by atoms with Gasteiger partial charge in [0.15, 0.2) is 0 Å². The minimum absolute atomic E-state index is 0.0386. The number of hydrogen-bond acceptors (Lipinski definition) is 4. The fraction of sp³-hybridized carbons (Fsp3) is 0.455. The maximum absolute atomic E-state index is 10.8. The Labute approximate surface area is 103 Å². The van der Waals surface area contributed by atoms with E-state index in [-0.39, 0.29) is 22.9 Å². The fourth-order valence-corrected chi connectivity index (χ4v) is 2.04. The molecule has 1 aliphatic carbocycles. The van der Waals surface area contributed by atoms with Gasteiger partial charge in [-0.2, -0.15) is 0 Å². The van der Waals surface area contributed by atoms with Gasteiger partial charge in [-0.15, -0.1) is 11.6 Å². The summed E-state index contributed by atoms with van der Waals surface area (Å²) in [5.74, 6) is 0.773. The van der Waals surface area contributed by atoms with Gasteiger partial charge in [0.2, 0.25) is 5.75 Å². The van der Waals surface area contributed by atoms with E-state index in [2.05, 4.69) is 0 Å². The molecule has 1 aliphatic rings. The molecule has 1 fully saturated rings. The van der Waals surface area contributed by atoms with Crippen LogP contribution in [0.4, 0.5) is 5.69 Å². The molecule has 0 radical (unpaired) electrons. The molecule has 0 atom stereocenters. The Morgan fingerprint density at radius 3 is 2.71 bits per heavy atom. The van der Waals surface area contributed by atoms with Crippen LogP contribution in [0.15, 0.2) is 18.2 Å². The van der Waals surface area contributed by atoms with Gasteiger partial charge in [0.05, 0.1) is 12.0 Å². The van der Waals surface area contributed by atoms with E-state index in [1.165, 1.54) is 25.3 Å². The summed E-state index contributed by atoms with van der Waals surface area (Å²) in [5, 5.41) is 10.9. The lowest BCUT2D eigenvalue weighted by Gasteiger charge is -2.30. The Balaban J connectivity index is 2.19. The van der Waals surface area contributed by atoms with Gasteiger partial charge in [-0.1, -0.05) is 0 Å². The smallest absolute Gasteiger partial charge is 0.311 e.